The lowest BCUT2D eigenvalue weighted by Crippen LogP contribution is -2.27. The van der Waals surface area contributed by atoms with E-state index < -0.39 is 0 Å². The number of carbonyl (C=O) groups excluding carboxylic acids is 1. The highest BCUT2D eigenvalue weighted by atomic mass is 16.1. The van der Waals surface area contributed by atoms with Crippen molar-refractivity contribution in [1.29, 1.82) is 0 Å². The van der Waals surface area contributed by atoms with Gasteiger partial charge in [-0.25, -0.2) is 0 Å². The summed E-state index contributed by atoms with van der Waals surface area (Å²) in [4.78, 5) is 16.1. The number of aromatic nitrogens is 3. The molecule has 0 fully saturated rings. The van der Waals surface area contributed by atoms with Crippen molar-refractivity contribution in [2.24, 2.45) is 0 Å². The topological polar surface area (TPSA) is 59.8 Å². The van der Waals surface area contributed by atoms with Gasteiger partial charge in [-0.15, -0.1) is 0 Å². The molecule has 1 amide bonds. The first-order chi connectivity index (χ1) is 10.7. The molecule has 0 saturated carbocycles. The maximum atomic E-state index is 12.1. The van der Waals surface area contributed by atoms with Crippen molar-refractivity contribution in [3.8, 4) is 0 Å². The monoisotopic (exact) mass is 298 g/mol. The van der Waals surface area contributed by atoms with Gasteiger partial charge in [0.2, 0.25) is 5.91 Å². The number of fused-ring (bicyclic) bond motifs is 1. The van der Waals surface area contributed by atoms with Crippen molar-refractivity contribution in [3.05, 3.63) is 47.5 Å². The molecular weight excluding hydrogens is 276 g/mol. The Hall–Kier alpha value is -2.17. The van der Waals surface area contributed by atoms with E-state index in [0.717, 1.165) is 30.6 Å². The number of pyridine rings is 1. The zero-order valence-electron chi connectivity index (χ0n) is 13.0. The fourth-order valence-electron chi connectivity index (χ4n) is 2.85. The third-order valence-electron chi connectivity index (χ3n) is 4.15. The van der Waals surface area contributed by atoms with Crippen molar-refractivity contribution in [3.63, 3.8) is 0 Å². The molecule has 0 aromatic carbocycles. The minimum atomic E-state index is -0.0389. The molecule has 1 unspecified atom stereocenters. The van der Waals surface area contributed by atoms with Crippen LogP contribution in [0.5, 0.6) is 0 Å². The number of aryl methyl sites for hydroxylation is 3. The van der Waals surface area contributed by atoms with Crippen LogP contribution in [0, 0.1) is 0 Å². The van der Waals surface area contributed by atoms with Crippen molar-refractivity contribution in [2.45, 2.75) is 51.6 Å². The largest absolute Gasteiger partial charge is 0.348 e. The van der Waals surface area contributed by atoms with Crippen LogP contribution in [0.2, 0.25) is 0 Å². The summed E-state index contributed by atoms with van der Waals surface area (Å²) in [7, 11) is 0. The summed E-state index contributed by atoms with van der Waals surface area (Å²) >= 11 is 0. The summed E-state index contributed by atoms with van der Waals surface area (Å²) in [6, 6.07) is 5.98. The summed E-state index contributed by atoms with van der Waals surface area (Å²) in [6.07, 6.45) is 8.26. The van der Waals surface area contributed by atoms with Gasteiger partial charge in [0.1, 0.15) is 0 Å². The second kappa shape index (κ2) is 6.73. The normalized spacial score (nSPS) is 15.1. The first-order valence-electron chi connectivity index (χ1n) is 7.97. The van der Waals surface area contributed by atoms with Gasteiger partial charge in [-0.05, 0) is 56.4 Å². The van der Waals surface area contributed by atoms with E-state index in [0.29, 0.717) is 6.42 Å². The lowest BCUT2D eigenvalue weighted by atomic mass is 10.1. The Labute approximate surface area is 130 Å². The summed E-state index contributed by atoms with van der Waals surface area (Å²) in [5.74, 6) is 0.0651. The van der Waals surface area contributed by atoms with E-state index in [2.05, 4.69) is 26.1 Å². The molecule has 116 valence electrons. The Bertz CT molecular complexity index is 612. The number of amides is 1. The molecule has 0 saturated heterocycles. The van der Waals surface area contributed by atoms with Crippen LogP contribution in [0.1, 0.15) is 49.2 Å². The molecule has 0 bridgehead atoms. The zero-order valence-corrected chi connectivity index (χ0v) is 13.0. The lowest BCUT2D eigenvalue weighted by molar-refractivity contribution is -0.121. The average Bonchev–Trinajstić information content (AvgIpc) is 2.98. The first kappa shape index (κ1) is 14.8. The van der Waals surface area contributed by atoms with Crippen LogP contribution in [0.25, 0.3) is 0 Å². The van der Waals surface area contributed by atoms with Crippen LogP contribution in [0.3, 0.4) is 0 Å². The van der Waals surface area contributed by atoms with E-state index in [-0.39, 0.29) is 11.9 Å². The molecule has 22 heavy (non-hydrogen) atoms. The van der Waals surface area contributed by atoms with E-state index in [1.165, 1.54) is 18.5 Å². The molecule has 1 N–H and O–H groups in total. The Morgan fingerprint density at radius 1 is 1.36 bits per heavy atom. The SMILES string of the molecule is CC(NC(=O)CCc1ccncc1)c1cc2n(n1)CCCC2. The number of nitrogens with one attached hydrogen (secondary N) is 1. The Kier molecular flexibility index (Phi) is 4.51. The smallest absolute Gasteiger partial charge is 0.220 e. The number of hydrogen-bond acceptors (Lipinski definition) is 3. The third-order valence-corrected chi connectivity index (χ3v) is 4.15. The van der Waals surface area contributed by atoms with Crippen LogP contribution < -0.4 is 5.32 Å². The molecule has 1 aliphatic heterocycles. The fourth-order valence-corrected chi connectivity index (χ4v) is 2.85. The molecule has 0 radical (unpaired) electrons. The second-order valence-electron chi connectivity index (χ2n) is 5.89. The second-order valence-corrected chi connectivity index (χ2v) is 5.89. The maximum absolute atomic E-state index is 12.1. The number of nitrogens with zero attached hydrogens (tertiary/aromatic N) is 3. The summed E-state index contributed by atoms with van der Waals surface area (Å²) in [5, 5.41) is 7.66. The van der Waals surface area contributed by atoms with E-state index in [1.807, 2.05) is 19.1 Å². The van der Waals surface area contributed by atoms with Gasteiger partial charge in [0.25, 0.3) is 0 Å². The Balaban J connectivity index is 1.53. The molecule has 0 aliphatic carbocycles. The highest BCUT2D eigenvalue weighted by molar-refractivity contribution is 5.76. The molecule has 0 spiro atoms. The van der Waals surface area contributed by atoms with E-state index in [4.69, 9.17) is 0 Å². The summed E-state index contributed by atoms with van der Waals surface area (Å²) in [5.41, 5.74) is 3.39. The zero-order chi connectivity index (χ0) is 15.4. The maximum Gasteiger partial charge on any atom is 0.220 e. The van der Waals surface area contributed by atoms with Gasteiger partial charge >= 0.3 is 0 Å². The number of hydrogen-bond donors (Lipinski definition) is 1. The Morgan fingerprint density at radius 2 is 2.18 bits per heavy atom. The van der Waals surface area contributed by atoms with E-state index in [9.17, 15) is 4.79 Å². The van der Waals surface area contributed by atoms with Gasteiger partial charge < -0.3 is 5.32 Å². The molecule has 5 nitrogen and oxygen atoms in total. The van der Waals surface area contributed by atoms with Crippen LogP contribution in [0.4, 0.5) is 0 Å². The van der Waals surface area contributed by atoms with Crippen LogP contribution in [0.15, 0.2) is 30.6 Å². The number of rotatable bonds is 5. The average molecular weight is 298 g/mol. The van der Waals surface area contributed by atoms with Crippen molar-refractivity contribution < 1.29 is 4.79 Å². The van der Waals surface area contributed by atoms with Crippen molar-refractivity contribution >= 4 is 5.91 Å². The standard InChI is InChI=1S/C17H22N4O/c1-13(16-12-15-4-2-3-11-21(15)20-16)19-17(22)6-5-14-7-9-18-10-8-14/h7-10,12-13H,2-6,11H2,1H3,(H,19,22). The molecular formula is C17H22N4O. The third kappa shape index (κ3) is 3.53. The van der Waals surface area contributed by atoms with Crippen LogP contribution in [-0.4, -0.2) is 20.7 Å². The predicted octanol–water partition coefficient (Wildman–Crippen LogP) is 2.42. The highest BCUT2D eigenvalue weighted by Crippen LogP contribution is 2.19. The minimum Gasteiger partial charge on any atom is -0.348 e. The van der Waals surface area contributed by atoms with Gasteiger partial charge in [-0.3, -0.25) is 14.5 Å². The summed E-state index contributed by atoms with van der Waals surface area (Å²) < 4.78 is 2.08. The fraction of sp³-hybridized carbons (Fsp3) is 0.471. The molecule has 1 aliphatic rings. The van der Waals surface area contributed by atoms with Crippen LogP contribution >= 0.6 is 0 Å². The predicted molar refractivity (Wildman–Crippen MR) is 84.3 cm³/mol. The van der Waals surface area contributed by atoms with Gasteiger partial charge in [0.15, 0.2) is 0 Å². The molecule has 3 rings (SSSR count). The van der Waals surface area contributed by atoms with Gasteiger partial charge in [-0.1, -0.05) is 0 Å². The van der Waals surface area contributed by atoms with Crippen LogP contribution in [-0.2, 0) is 24.2 Å². The number of carbonyl (C=O) groups is 1. The van der Waals surface area contributed by atoms with Gasteiger partial charge in [-0.2, -0.15) is 5.10 Å². The first-order valence-corrected chi connectivity index (χ1v) is 7.97. The molecule has 1 atom stereocenters. The molecule has 3 heterocycles. The van der Waals surface area contributed by atoms with Crippen molar-refractivity contribution in [1.82, 2.24) is 20.1 Å². The summed E-state index contributed by atoms with van der Waals surface area (Å²) in [6.45, 7) is 3.00. The highest BCUT2D eigenvalue weighted by Gasteiger charge is 2.17. The van der Waals surface area contributed by atoms with E-state index >= 15 is 0 Å². The van der Waals surface area contributed by atoms with Gasteiger partial charge in [0, 0.05) is 31.1 Å². The quantitative estimate of drug-likeness (QED) is 0.922. The van der Waals surface area contributed by atoms with Crippen molar-refractivity contribution in [2.75, 3.05) is 0 Å². The van der Waals surface area contributed by atoms with Gasteiger partial charge in [0.05, 0.1) is 11.7 Å². The lowest BCUT2D eigenvalue weighted by Gasteiger charge is -2.12. The molecule has 2 aromatic rings. The minimum absolute atomic E-state index is 0.0389. The molecule has 5 heteroatoms. The molecule has 2 aromatic heterocycles. The Morgan fingerprint density at radius 3 is 2.95 bits per heavy atom. The van der Waals surface area contributed by atoms with E-state index in [1.54, 1.807) is 12.4 Å².